The summed E-state index contributed by atoms with van der Waals surface area (Å²) in [5.74, 6) is 2.23. The predicted molar refractivity (Wildman–Crippen MR) is 111 cm³/mol. The molecule has 1 saturated heterocycles. The molecule has 1 aliphatic heterocycles. The van der Waals surface area contributed by atoms with E-state index in [4.69, 9.17) is 4.74 Å². The van der Waals surface area contributed by atoms with Crippen LogP contribution in [0, 0.1) is 5.92 Å². The van der Waals surface area contributed by atoms with Crippen molar-refractivity contribution in [1.82, 2.24) is 15.5 Å². The molecule has 0 saturated carbocycles. The van der Waals surface area contributed by atoms with Crippen LogP contribution in [0.15, 0.2) is 29.3 Å². The first-order valence-electron chi connectivity index (χ1n) is 10.1. The van der Waals surface area contributed by atoms with Gasteiger partial charge in [-0.1, -0.05) is 12.1 Å². The van der Waals surface area contributed by atoms with Crippen LogP contribution in [0.1, 0.15) is 45.3 Å². The van der Waals surface area contributed by atoms with Crippen LogP contribution >= 0.6 is 0 Å². The first-order chi connectivity index (χ1) is 13.0. The summed E-state index contributed by atoms with van der Waals surface area (Å²) in [6.45, 7) is 10.4. The highest BCUT2D eigenvalue weighted by molar-refractivity contribution is 5.79. The summed E-state index contributed by atoms with van der Waals surface area (Å²) >= 11 is 0. The molecular formula is C21H36N4O2. The van der Waals surface area contributed by atoms with E-state index in [1.165, 1.54) is 19.4 Å². The van der Waals surface area contributed by atoms with Gasteiger partial charge in [0.15, 0.2) is 5.96 Å². The zero-order chi connectivity index (χ0) is 19.6. The van der Waals surface area contributed by atoms with E-state index in [0.29, 0.717) is 12.5 Å². The van der Waals surface area contributed by atoms with Gasteiger partial charge in [-0.15, -0.1) is 0 Å². The van der Waals surface area contributed by atoms with Crippen LogP contribution in [0.5, 0.6) is 5.75 Å². The maximum atomic E-state index is 10.5. The van der Waals surface area contributed by atoms with E-state index in [9.17, 15) is 5.11 Å². The highest BCUT2D eigenvalue weighted by atomic mass is 16.5. The van der Waals surface area contributed by atoms with Crippen molar-refractivity contribution in [1.29, 1.82) is 0 Å². The lowest BCUT2D eigenvalue weighted by Gasteiger charge is -2.30. The summed E-state index contributed by atoms with van der Waals surface area (Å²) in [4.78, 5) is 6.95. The van der Waals surface area contributed by atoms with E-state index in [2.05, 4.69) is 34.5 Å². The molecule has 0 bridgehead atoms. The van der Waals surface area contributed by atoms with Crippen molar-refractivity contribution in [2.24, 2.45) is 10.9 Å². The summed E-state index contributed by atoms with van der Waals surface area (Å²) in [5.41, 5.74) is 0.847. The van der Waals surface area contributed by atoms with Crippen LogP contribution < -0.4 is 15.4 Å². The van der Waals surface area contributed by atoms with E-state index in [1.54, 1.807) is 0 Å². The van der Waals surface area contributed by atoms with Crippen molar-refractivity contribution in [3.8, 4) is 5.75 Å². The van der Waals surface area contributed by atoms with E-state index >= 15 is 0 Å². The number of hydrogen-bond acceptors (Lipinski definition) is 4. The zero-order valence-corrected chi connectivity index (χ0v) is 17.2. The second-order valence-electron chi connectivity index (χ2n) is 7.62. The monoisotopic (exact) mass is 376 g/mol. The lowest BCUT2D eigenvalue weighted by atomic mass is 9.99. The smallest absolute Gasteiger partial charge is 0.191 e. The second kappa shape index (κ2) is 11.1. The van der Waals surface area contributed by atoms with Gasteiger partial charge in [0.25, 0.3) is 0 Å². The molecule has 0 spiro atoms. The predicted octanol–water partition coefficient (Wildman–Crippen LogP) is 2.40. The van der Waals surface area contributed by atoms with Crippen molar-refractivity contribution < 1.29 is 9.84 Å². The molecule has 2 unspecified atom stereocenters. The van der Waals surface area contributed by atoms with Gasteiger partial charge in [-0.3, -0.25) is 4.99 Å². The molecule has 2 atom stereocenters. The third kappa shape index (κ3) is 7.77. The summed E-state index contributed by atoms with van der Waals surface area (Å²) in [5, 5.41) is 17.1. The van der Waals surface area contributed by atoms with E-state index in [-0.39, 0.29) is 6.10 Å². The highest BCUT2D eigenvalue weighted by Gasteiger charge is 2.17. The normalized spacial score (nSPS) is 19.8. The molecule has 27 heavy (non-hydrogen) atoms. The number of piperidine rings is 1. The fraction of sp³-hybridized carbons (Fsp3) is 0.667. The fourth-order valence-electron chi connectivity index (χ4n) is 3.35. The Morgan fingerprint density at radius 3 is 2.67 bits per heavy atom. The van der Waals surface area contributed by atoms with Crippen molar-refractivity contribution in [2.45, 2.75) is 45.8 Å². The number of hydrogen-bond donors (Lipinski definition) is 3. The molecule has 0 aliphatic carbocycles. The van der Waals surface area contributed by atoms with Gasteiger partial charge in [-0.25, -0.2) is 0 Å². The van der Waals surface area contributed by atoms with E-state index in [0.717, 1.165) is 36.9 Å². The van der Waals surface area contributed by atoms with Gasteiger partial charge >= 0.3 is 0 Å². The zero-order valence-electron chi connectivity index (χ0n) is 17.2. The number of benzene rings is 1. The Morgan fingerprint density at radius 1 is 1.30 bits per heavy atom. The average Bonchev–Trinajstić information content (AvgIpc) is 2.64. The second-order valence-corrected chi connectivity index (χ2v) is 7.62. The van der Waals surface area contributed by atoms with Crippen molar-refractivity contribution in [2.75, 3.05) is 39.8 Å². The van der Waals surface area contributed by atoms with Gasteiger partial charge in [-0.2, -0.15) is 0 Å². The summed E-state index contributed by atoms with van der Waals surface area (Å²) < 4.78 is 5.64. The number of nitrogens with zero attached hydrogens (tertiary/aromatic N) is 2. The van der Waals surface area contributed by atoms with Crippen molar-refractivity contribution in [3.05, 3.63) is 29.8 Å². The summed E-state index contributed by atoms with van der Waals surface area (Å²) in [7, 11) is 2.18. The van der Waals surface area contributed by atoms with Gasteiger partial charge < -0.3 is 25.4 Å². The van der Waals surface area contributed by atoms with Crippen LogP contribution in [-0.2, 0) is 0 Å². The standard InChI is InChI=1S/C21H36N4O2/c1-5-22-21(23-13-17-7-6-12-25(4)15-17)24-14-20(26)18-8-10-19(11-9-18)27-16(2)3/h8-11,16-17,20,26H,5-7,12-15H2,1-4H3,(H2,22,23,24). The first kappa shape index (κ1) is 21.5. The van der Waals surface area contributed by atoms with E-state index < -0.39 is 6.10 Å². The molecule has 1 heterocycles. The third-order valence-corrected chi connectivity index (χ3v) is 4.68. The third-order valence-electron chi connectivity index (χ3n) is 4.68. The molecule has 3 N–H and O–H groups in total. The Morgan fingerprint density at radius 2 is 2.04 bits per heavy atom. The van der Waals surface area contributed by atoms with Crippen LogP contribution in [-0.4, -0.2) is 61.8 Å². The molecule has 0 radical (unpaired) electrons. The topological polar surface area (TPSA) is 69.1 Å². The Hall–Kier alpha value is -1.79. The Labute approximate surface area is 164 Å². The number of aliphatic hydroxyl groups is 1. The van der Waals surface area contributed by atoms with Gasteiger partial charge in [0.1, 0.15) is 5.75 Å². The number of rotatable bonds is 8. The molecule has 1 aromatic carbocycles. The Kier molecular flexibility index (Phi) is 8.88. The summed E-state index contributed by atoms with van der Waals surface area (Å²) in [6.07, 6.45) is 2.02. The minimum Gasteiger partial charge on any atom is -0.491 e. The largest absolute Gasteiger partial charge is 0.491 e. The van der Waals surface area contributed by atoms with Gasteiger partial charge in [0, 0.05) is 19.6 Å². The maximum absolute atomic E-state index is 10.5. The lowest BCUT2D eigenvalue weighted by Crippen LogP contribution is -2.43. The molecule has 0 amide bonds. The molecule has 6 nitrogen and oxygen atoms in total. The minimum absolute atomic E-state index is 0.142. The fourth-order valence-corrected chi connectivity index (χ4v) is 3.35. The maximum Gasteiger partial charge on any atom is 0.191 e. The molecule has 1 aromatic rings. The van der Waals surface area contributed by atoms with Crippen molar-refractivity contribution >= 4 is 5.96 Å². The van der Waals surface area contributed by atoms with Crippen LogP contribution in [0.4, 0.5) is 0 Å². The Balaban J connectivity index is 1.86. The SMILES string of the molecule is CCNC(=NCC(O)c1ccc(OC(C)C)cc1)NCC1CCCN(C)C1. The van der Waals surface area contributed by atoms with Gasteiger partial charge in [0.05, 0.1) is 18.8 Å². The van der Waals surface area contributed by atoms with Gasteiger partial charge in [-0.05, 0) is 70.8 Å². The average molecular weight is 377 g/mol. The first-order valence-corrected chi connectivity index (χ1v) is 10.1. The number of nitrogens with one attached hydrogen (secondary N) is 2. The molecule has 1 aliphatic rings. The number of guanidine groups is 1. The number of likely N-dealkylation sites (tertiary alicyclic amines) is 1. The molecular weight excluding hydrogens is 340 g/mol. The number of aliphatic imine (C=N–C) groups is 1. The van der Waals surface area contributed by atoms with Crippen LogP contribution in [0.2, 0.25) is 0 Å². The number of aliphatic hydroxyl groups excluding tert-OH is 1. The lowest BCUT2D eigenvalue weighted by molar-refractivity contribution is 0.186. The quantitative estimate of drug-likeness (QED) is 0.480. The molecule has 1 fully saturated rings. The number of ether oxygens (including phenoxy) is 1. The van der Waals surface area contributed by atoms with Crippen LogP contribution in [0.25, 0.3) is 0 Å². The van der Waals surface area contributed by atoms with E-state index in [1.807, 2.05) is 38.1 Å². The minimum atomic E-state index is -0.630. The molecule has 152 valence electrons. The highest BCUT2D eigenvalue weighted by Crippen LogP contribution is 2.19. The summed E-state index contributed by atoms with van der Waals surface area (Å²) in [6, 6.07) is 7.59. The molecule has 2 rings (SSSR count). The molecule has 6 heteroatoms. The van der Waals surface area contributed by atoms with Crippen molar-refractivity contribution in [3.63, 3.8) is 0 Å². The van der Waals surface area contributed by atoms with Crippen LogP contribution in [0.3, 0.4) is 0 Å². The molecule has 0 aromatic heterocycles. The van der Waals surface area contributed by atoms with Gasteiger partial charge in [0.2, 0.25) is 0 Å². The Bertz CT molecular complexity index is 574.